The minimum absolute atomic E-state index is 0.297. The van der Waals surface area contributed by atoms with Crippen LogP contribution in [0.15, 0.2) is 34.8 Å². The summed E-state index contributed by atoms with van der Waals surface area (Å²) in [6.07, 6.45) is 0. The summed E-state index contributed by atoms with van der Waals surface area (Å²) >= 11 is 3.19. The standard InChI is InChI=1S/C12H11BrFN3O/c1-18-11-5-3-9(15)12(17-11)16-10-4-2-7(13)6-8(10)14/h2-6H,15H2,1H3,(H,16,17). The number of nitrogens with two attached hydrogens (primary N) is 1. The minimum atomic E-state index is -0.395. The van der Waals surface area contributed by atoms with Crippen molar-refractivity contribution in [1.29, 1.82) is 0 Å². The SMILES string of the molecule is COc1ccc(N)c(Nc2ccc(Br)cc2F)n1. The van der Waals surface area contributed by atoms with Crippen LogP contribution in [0.1, 0.15) is 0 Å². The summed E-state index contributed by atoms with van der Waals surface area (Å²) in [4.78, 5) is 4.11. The number of benzene rings is 1. The van der Waals surface area contributed by atoms with Crippen LogP contribution in [0, 0.1) is 5.82 Å². The third-order valence-corrected chi connectivity index (χ3v) is 2.79. The molecule has 6 heteroatoms. The number of rotatable bonds is 3. The van der Waals surface area contributed by atoms with Gasteiger partial charge in [0.2, 0.25) is 5.88 Å². The number of pyridine rings is 1. The molecule has 2 rings (SSSR count). The highest BCUT2D eigenvalue weighted by Gasteiger charge is 2.07. The quantitative estimate of drug-likeness (QED) is 0.913. The van der Waals surface area contributed by atoms with Crippen LogP contribution in [0.5, 0.6) is 5.88 Å². The maximum Gasteiger partial charge on any atom is 0.215 e. The van der Waals surface area contributed by atoms with E-state index in [0.717, 1.165) is 0 Å². The van der Waals surface area contributed by atoms with E-state index in [1.165, 1.54) is 13.2 Å². The Bertz CT molecular complexity index is 577. The second-order valence-electron chi connectivity index (χ2n) is 3.54. The van der Waals surface area contributed by atoms with Gasteiger partial charge in [-0.1, -0.05) is 15.9 Å². The van der Waals surface area contributed by atoms with Gasteiger partial charge in [0.05, 0.1) is 18.5 Å². The normalized spacial score (nSPS) is 10.2. The summed E-state index contributed by atoms with van der Waals surface area (Å²) in [5, 5.41) is 2.83. The maximum absolute atomic E-state index is 13.7. The van der Waals surface area contributed by atoms with Gasteiger partial charge in [0.15, 0.2) is 5.82 Å². The van der Waals surface area contributed by atoms with Crippen LogP contribution < -0.4 is 15.8 Å². The predicted molar refractivity (Wildman–Crippen MR) is 72.6 cm³/mol. The van der Waals surface area contributed by atoms with Crippen LogP contribution in [0.2, 0.25) is 0 Å². The molecule has 2 aromatic rings. The maximum atomic E-state index is 13.7. The van der Waals surface area contributed by atoms with Crippen LogP contribution in [0.4, 0.5) is 21.6 Å². The Hall–Kier alpha value is -1.82. The van der Waals surface area contributed by atoms with Gasteiger partial charge >= 0.3 is 0 Å². The number of nitrogen functional groups attached to an aromatic ring is 1. The number of halogens is 2. The Morgan fingerprint density at radius 2 is 2.11 bits per heavy atom. The summed E-state index contributed by atoms with van der Waals surface area (Å²) in [7, 11) is 1.50. The van der Waals surface area contributed by atoms with E-state index in [1.54, 1.807) is 24.3 Å². The highest BCUT2D eigenvalue weighted by Crippen LogP contribution is 2.26. The van der Waals surface area contributed by atoms with E-state index in [4.69, 9.17) is 10.5 Å². The zero-order valence-electron chi connectivity index (χ0n) is 9.58. The van der Waals surface area contributed by atoms with Gasteiger partial charge < -0.3 is 15.8 Å². The fraction of sp³-hybridized carbons (Fsp3) is 0.0833. The van der Waals surface area contributed by atoms with Crippen LogP contribution in [-0.4, -0.2) is 12.1 Å². The van der Waals surface area contributed by atoms with E-state index in [1.807, 2.05) is 0 Å². The number of nitrogens with zero attached hydrogens (tertiary/aromatic N) is 1. The van der Waals surface area contributed by atoms with Crippen molar-refractivity contribution in [2.45, 2.75) is 0 Å². The molecule has 1 aromatic heterocycles. The third-order valence-electron chi connectivity index (χ3n) is 2.29. The number of nitrogens with one attached hydrogen (secondary N) is 1. The number of hydrogen-bond donors (Lipinski definition) is 2. The average molecular weight is 312 g/mol. The summed E-state index contributed by atoms with van der Waals surface area (Å²) in [5.74, 6) is 0.369. The van der Waals surface area contributed by atoms with Gasteiger partial charge in [-0.05, 0) is 24.3 Å². The largest absolute Gasteiger partial charge is 0.481 e. The van der Waals surface area contributed by atoms with Crippen LogP contribution in [0.25, 0.3) is 0 Å². The molecule has 0 saturated carbocycles. The topological polar surface area (TPSA) is 60.2 Å². The molecule has 0 atom stereocenters. The monoisotopic (exact) mass is 311 g/mol. The van der Waals surface area contributed by atoms with E-state index in [0.29, 0.717) is 27.5 Å². The van der Waals surface area contributed by atoms with Crippen molar-refractivity contribution in [3.63, 3.8) is 0 Å². The minimum Gasteiger partial charge on any atom is -0.481 e. The van der Waals surface area contributed by atoms with Crippen molar-refractivity contribution in [2.24, 2.45) is 0 Å². The average Bonchev–Trinajstić information content (AvgIpc) is 2.35. The molecule has 1 aromatic carbocycles. The molecule has 0 radical (unpaired) electrons. The third kappa shape index (κ3) is 2.70. The number of methoxy groups -OCH3 is 1. The summed E-state index contributed by atoms with van der Waals surface area (Å²) in [5.41, 5.74) is 6.47. The summed E-state index contributed by atoms with van der Waals surface area (Å²) < 4.78 is 19.3. The molecule has 0 unspecified atom stereocenters. The van der Waals surface area contributed by atoms with E-state index in [-0.39, 0.29) is 0 Å². The van der Waals surface area contributed by atoms with Crippen molar-refractivity contribution in [2.75, 3.05) is 18.2 Å². The molecule has 3 N–H and O–H groups in total. The van der Waals surface area contributed by atoms with Crippen molar-refractivity contribution in [1.82, 2.24) is 4.98 Å². The molecule has 94 valence electrons. The lowest BCUT2D eigenvalue weighted by Crippen LogP contribution is -2.02. The molecule has 0 bridgehead atoms. The number of ether oxygens (including phenoxy) is 1. The fourth-order valence-electron chi connectivity index (χ4n) is 1.38. The first-order chi connectivity index (χ1) is 8.60. The molecule has 18 heavy (non-hydrogen) atoms. The van der Waals surface area contributed by atoms with E-state index in [2.05, 4.69) is 26.2 Å². The molecule has 0 saturated heterocycles. The molecule has 0 fully saturated rings. The van der Waals surface area contributed by atoms with Gasteiger partial charge in [-0.25, -0.2) is 4.39 Å². The fourth-order valence-corrected chi connectivity index (χ4v) is 1.72. The summed E-state index contributed by atoms with van der Waals surface area (Å²) in [6.45, 7) is 0. The molecule has 0 aliphatic heterocycles. The number of anilines is 3. The van der Waals surface area contributed by atoms with Gasteiger partial charge in [0.25, 0.3) is 0 Å². The number of hydrogen-bond acceptors (Lipinski definition) is 4. The van der Waals surface area contributed by atoms with Gasteiger partial charge in [-0.3, -0.25) is 0 Å². The van der Waals surface area contributed by atoms with Crippen molar-refractivity contribution >= 4 is 33.1 Å². The Morgan fingerprint density at radius 3 is 2.78 bits per heavy atom. The Morgan fingerprint density at radius 1 is 1.33 bits per heavy atom. The Balaban J connectivity index is 2.33. The lowest BCUT2D eigenvalue weighted by Gasteiger charge is -2.10. The van der Waals surface area contributed by atoms with E-state index < -0.39 is 5.82 Å². The van der Waals surface area contributed by atoms with Crippen molar-refractivity contribution < 1.29 is 9.13 Å². The molecular formula is C12H11BrFN3O. The second-order valence-corrected chi connectivity index (χ2v) is 4.46. The summed E-state index contributed by atoms with van der Waals surface area (Å²) in [6, 6.07) is 7.96. The van der Waals surface area contributed by atoms with Crippen molar-refractivity contribution in [3.8, 4) is 5.88 Å². The van der Waals surface area contributed by atoms with Gasteiger partial charge in [0, 0.05) is 10.5 Å². The zero-order chi connectivity index (χ0) is 13.1. The Labute approximate surface area is 112 Å². The first-order valence-corrected chi connectivity index (χ1v) is 5.92. The zero-order valence-corrected chi connectivity index (χ0v) is 11.2. The lowest BCUT2D eigenvalue weighted by atomic mass is 10.3. The molecule has 4 nitrogen and oxygen atoms in total. The molecule has 0 aliphatic carbocycles. The first-order valence-electron chi connectivity index (χ1n) is 5.12. The van der Waals surface area contributed by atoms with Gasteiger partial charge in [0.1, 0.15) is 5.82 Å². The van der Waals surface area contributed by atoms with Crippen molar-refractivity contribution in [3.05, 3.63) is 40.6 Å². The highest BCUT2D eigenvalue weighted by atomic mass is 79.9. The van der Waals surface area contributed by atoms with E-state index in [9.17, 15) is 4.39 Å². The van der Waals surface area contributed by atoms with Gasteiger partial charge in [-0.15, -0.1) is 0 Å². The second kappa shape index (κ2) is 5.22. The smallest absolute Gasteiger partial charge is 0.215 e. The van der Waals surface area contributed by atoms with Crippen LogP contribution in [0.3, 0.4) is 0 Å². The van der Waals surface area contributed by atoms with Crippen LogP contribution in [-0.2, 0) is 0 Å². The molecule has 0 spiro atoms. The molecule has 0 aliphatic rings. The number of aromatic nitrogens is 1. The molecule has 1 heterocycles. The van der Waals surface area contributed by atoms with Gasteiger partial charge in [-0.2, -0.15) is 4.98 Å². The highest BCUT2D eigenvalue weighted by molar-refractivity contribution is 9.10. The molecule has 0 amide bonds. The predicted octanol–water partition coefficient (Wildman–Crippen LogP) is 3.32. The lowest BCUT2D eigenvalue weighted by molar-refractivity contribution is 0.398. The Kier molecular flexibility index (Phi) is 3.66. The first kappa shape index (κ1) is 12.6. The van der Waals surface area contributed by atoms with Crippen LogP contribution >= 0.6 is 15.9 Å². The molecular weight excluding hydrogens is 301 g/mol. The van der Waals surface area contributed by atoms with E-state index >= 15 is 0 Å².